The van der Waals surface area contributed by atoms with Gasteiger partial charge in [0.1, 0.15) is 17.4 Å². The summed E-state index contributed by atoms with van der Waals surface area (Å²) >= 11 is 2.26. The fourth-order valence-corrected chi connectivity index (χ4v) is 1.92. The Labute approximate surface area is 120 Å². The number of ether oxygens (including phenoxy) is 1. The molecule has 0 aliphatic heterocycles. The Balaban J connectivity index is 2.34. The molecule has 0 amide bonds. The van der Waals surface area contributed by atoms with Gasteiger partial charge in [-0.2, -0.15) is 4.98 Å². The maximum Gasteiger partial charge on any atom is 0.227 e. The first-order chi connectivity index (χ1) is 8.60. The third kappa shape index (κ3) is 2.90. The lowest BCUT2D eigenvalue weighted by Gasteiger charge is -2.11. The summed E-state index contributed by atoms with van der Waals surface area (Å²) in [6.45, 7) is 3.79. The molecule has 0 bridgehead atoms. The van der Waals surface area contributed by atoms with E-state index in [1.807, 2.05) is 45.2 Å². The van der Waals surface area contributed by atoms with Gasteiger partial charge in [-0.1, -0.05) is 0 Å². The highest BCUT2D eigenvalue weighted by molar-refractivity contribution is 14.1. The maximum absolute atomic E-state index is 5.79. The van der Waals surface area contributed by atoms with Crippen molar-refractivity contribution in [2.24, 2.45) is 0 Å². The Morgan fingerprint density at radius 2 is 1.78 bits per heavy atom. The van der Waals surface area contributed by atoms with E-state index in [1.54, 1.807) is 0 Å². The van der Waals surface area contributed by atoms with Crippen LogP contribution in [0.1, 0.15) is 11.4 Å². The number of hydrogen-bond donors (Lipinski definition) is 1. The van der Waals surface area contributed by atoms with Gasteiger partial charge in [-0.05, 0) is 60.7 Å². The molecular formula is C13H14IN3O. The third-order valence-corrected chi connectivity index (χ3v) is 3.20. The van der Waals surface area contributed by atoms with Gasteiger partial charge in [0, 0.05) is 10.6 Å². The van der Waals surface area contributed by atoms with Gasteiger partial charge in [0.2, 0.25) is 5.88 Å². The van der Waals surface area contributed by atoms with Crippen molar-refractivity contribution in [3.8, 4) is 11.6 Å². The second kappa shape index (κ2) is 5.51. The van der Waals surface area contributed by atoms with Crippen LogP contribution in [0.2, 0.25) is 0 Å². The number of rotatable bonds is 3. The van der Waals surface area contributed by atoms with Gasteiger partial charge < -0.3 is 10.1 Å². The summed E-state index contributed by atoms with van der Waals surface area (Å²) in [7, 11) is 1.84. The van der Waals surface area contributed by atoms with Crippen molar-refractivity contribution in [3.05, 3.63) is 39.2 Å². The number of nitrogens with one attached hydrogen (secondary N) is 1. The average Bonchev–Trinajstić information content (AvgIpc) is 2.36. The monoisotopic (exact) mass is 355 g/mol. The molecule has 1 N–H and O–H groups in total. The van der Waals surface area contributed by atoms with Crippen molar-refractivity contribution in [3.63, 3.8) is 0 Å². The zero-order chi connectivity index (χ0) is 13.1. The summed E-state index contributed by atoms with van der Waals surface area (Å²) in [6.07, 6.45) is 0. The van der Waals surface area contributed by atoms with E-state index in [1.165, 1.54) is 3.57 Å². The van der Waals surface area contributed by atoms with Gasteiger partial charge >= 0.3 is 0 Å². The normalized spacial score (nSPS) is 10.2. The number of aromatic nitrogens is 2. The lowest BCUT2D eigenvalue weighted by Crippen LogP contribution is -2.02. The predicted octanol–water partition coefficient (Wildman–Crippen LogP) is 3.53. The highest BCUT2D eigenvalue weighted by Crippen LogP contribution is 2.27. The van der Waals surface area contributed by atoms with Crippen LogP contribution in [0.5, 0.6) is 11.6 Å². The molecule has 94 valence electrons. The Hall–Kier alpha value is -1.37. The van der Waals surface area contributed by atoms with Crippen molar-refractivity contribution >= 4 is 28.4 Å². The molecule has 0 atom stereocenters. The molecule has 0 aliphatic rings. The van der Waals surface area contributed by atoms with Crippen molar-refractivity contribution in [2.75, 3.05) is 12.4 Å². The molecule has 1 aromatic carbocycles. The van der Waals surface area contributed by atoms with Crippen LogP contribution in [0.3, 0.4) is 0 Å². The van der Waals surface area contributed by atoms with Gasteiger partial charge in [0.05, 0.1) is 5.56 Å². The van der Waals surface area contributed by atoms with E-state index in [4.69, 9.17) is 4.74 Å². The first kappa shape index (κ1) is 13.1. The van der Waals surface area contributed by atoms with Crippen LogP contribution in [0.4, 0.5) is 5.82 Å². The zero-order valence-electron chi connectivity index (χ0n) is 10.5. The fraction of sp³-hybridized carbons (Fsp3) is 0.231. The van der Waals surface area contributed by atoms with E-state index >= 15 is 0 Å². The molecule has 0 spiro atoms. The molecule has 18 heavy (non-hydrogen) atoms. The van der Waals surface area contributed by atoms with Crippen molar-refractivity contribution < 1.29 is 4.74 Å². The number of benzene rings is 1. The SMILES string of the molecule is CNc1nc(C)nc(Oc2ccc(I)cc2)c1C. The van der Waals surface area contributed by atoms with Crippen LogP contribution in [-0.4, -0.2) is 17.0 Å². The summed E-state index contributed by atoms with van der Waals surface area (Å²) in [6, 6.07) is 7.85. The summed E-state index contributed by atoms with van der Waals surface area (Å²) in [5.41, 5.74) is 0.904. The Morgan fingerprint density at radius 3 is 2.39 bits per heavy atom. The molecule has 2 aromatic rings. The van der Waals surface area contributed by atoms with Gasteiger partial charge in [-0.25, -0.2) is 4.98 Å². The lowest BCUT2D eigenvalue weighted by atomic mass is 10.3. The topological polar surface area (TPSA) is 47.0 Å². The van der Waals surface area contributed by atoms with Crippen LogP contribution >= 0.6 is 22.6 Å². The minimum Gasteiger partial charge on any atom is -0.439 e. The smallest absolute Gasteiger partial charge is 0.227 e. The summed E-state index contributed by atoms with van der Waals surface area (Å²) in [5.74, 6) is 2.85. The molecule has 4 nitrogen and oxygen atoms in total. The Morgan fingerprint density at radius 1 is 1.11 bits per heavy atom. The van der Waals surface area contributed by atoms with Crippen molar-refractivity contribution in [1.29, 1.82) is 0 Å². The maximum atomic E-state index is 5.79. The molecule has 0 unspecified atom stereocenters. The van der Waals surface area contributed by atoms with E-state index < -0.39 is 0 Å². The first-order valence-corrected chi connectivity index (χ1v) is 6.64. The molecular weight excluding hydrogens is 341 g/mol. The van der Waals surface area contributed by atoms with Crippen LogP contribution in [-0.2, 0) is 0 Å². The molecule has 5 heteroatoms. The van der Waals surface area contributed by atoms with E-state index in [-0.39, 0.29) is 0 Å². The van der Waals surface area contributed by atoms with Crippen LogP contribution in [0, 0.1) is 17.4 Å². The largest absolute Gasteiger partial charge is 0.439 e. The van der Waals surface area contributed by atoms with Gasteiger partial charge in [0.15, 0.2) is 0 Å². The number of nitrogens with zero attached hydrogens (tertiary/aromatic N) is 2. The summed E-state index contributed by atoms with van der Waals surface area (Å²) < 4.78 is 6.97. The van der Waals surface area contributed by atoms with Crippen LogP contribution in [0.15, 0.2) is 24.3 Å². The minimum absolute atomic E-state index is 0.591. The quantitative estimate of drug-likeness (QED) is 0.856. The van der Waals surface area contributed by atoms with Crippen LogP contribution in [0.25, 0.3) is 0 Å². The minimum atomic E-state index is 0.591. The molecule has 0 fully saturated rings. The third-order valence-electron chi connectivity index (χ3n) is 2.48. The van der Waals surface area contributed by atoms with E-state index in [0.29, 0.717) is 11.7 Å². The van der Waals surface area contributed by atoms with Gasteiger partial charge in [-0.3, -0.25) is 0 Å². The van der Waals surface area contributed by atoms with Crippen molar-refractivity contribution in [1.82, 2.24) is 9.97 Å². The molecule has 0 saturated carbocycles. The number of halogens is 1. The van der Waals surface area contributed by atoms with Crippen LogP contribution < -0.4 is 10.1 Å². The van der Waals surface area contributed by atoms with E-state index in [2.05, 4.69) is 37.9 Å². The predicted molar refractivity (Wildman–Crippen MR) is 80.3 cm³/mol. The highest BCUT2D eigenvalue weighted by Gasteiger charge is 2.10. The zero-order valence-corrected chi connectivity index (χ0v) is 12.6. The fourth-order valence-electron chi connectivity index (χ4n) is 1.56. The summed E-state index contributed by atoms with van der Waals surface area (Å²) in [4.78, 5) is 8.63. The lowest BCUT2D eigenvalue weighted by molar-refractivity contribution is 0.456. The average molecular weight is 355 g/mol. The Bertz CT molecular complexity index is 555. The number of hydrogen-bond acceptors (Lipinski definition) is 4. The molecule has 1 heterocycles. The van der Waals surface area contributed by atoms with Crippen molar-refractivity contribution in [2.45, 2.75) is 13.8 Å². The molecule has 0 aliphatic carbocycles. The van der Waals surface area contributed by atoms with E-state index in [0.717, 1.165) is 17.1 Å². The second-order valence-corrected chi connectivity index (χ2v) is 5.10. The van der Waals surface area contributed by atoms with Gasteiger partial charge in [0.25, 0.3) is 0 Å². The molecule has 0 radical (unpaired) electrons. The second-order valence-electron chi connectivity index (χ2n) is 3.86. The first-order valence-electron chi connectivity index (χ1n) is 5.56. The molecule has 2 rings (SSSR count). The number of aryl methyl sites for hydroxylation is 1. The highest BCUT2D eigenvalue weighted by atomic mass is 127. The van der Waals surface area contributed by atoms with E-state index in [9.17, 15) is 0 Å². The van der Waals surface area contributed by atoms with Gasteiger partial charge in [-0.15, -0.1) is 0 Å². The summed E-state index contributed by atoms with van der Waals surface area (Å²) in [5, 5.41) is 3.04. The number of anilines is 1. The standard InChI is InChI=1S/C13H14IN3O/c1-8-12(15-3)16-9(2)17-13(8)18-11-6-4-10(14)5-7-11/h4-7H,1-3H3,(H,15,16,17). The molecule has 0 saturated heterocycles. The Kier molecular flexibility index (Phi) is 4.00. The molecule has 1 aromatic heterocycles.